The van der Waals surface area contributed by atoms with Crippen molar-refractivity contribution in [3.8, 4) is 0 Å². The highest BCUT2D eigenvalue weighted by Gasteiger charge is 2.38. The van der Waals surface area contributed by atoms with Gasteiger partial charge in [-0.1, -0.05) is 11.6 Å². The zero-order valence-corrected chi connectivity index (χ0v) is 23.2. The predicted molar refractivity (Wildman–Crippen MR) is 146 cm³/mol. The van der Waals surface area contributed by atoms with E-state index >= 15 is 0 Å². The average molecular weight is 599 g/mol. The number of hydrogen-bond acceptors (Lipinski definition) is 6. The van der Waals surface area contributed by atoms with Gasteiger partial charge in [0.15, 0.2) is 0 Å². The van der Waals surface area contributed by atoms with E-state index in [9.17, 15) is 27.6 Å². The number of amides is 3. The van der Waals surface area contributed by atoms with Gasteiger partial charge in [-0.05, 0) is 67.9 Å². The molecule has 3 aliphatic rings. The normalized spacial score (nSPS) is 18.6. The van der Waals surface area contributed by atoms with Crippen LogP contribution in [0.25, 0.3) is 0 Å². The first-order chi connectivity index (χ1) is 19.1. The van der Waals surface area contributed by atoms with E-state index < -0.39 is 41.2 Å². The van der Waals surface area contributed by atoms with E-state index in [1.54, 1.807) is 12.1 Å². The van der Waals surface area contributed by atoms with Gasteiger partial charge < -0.3 is 20.3 Å². The van der Waals surface area contributed by atoms with Crippen molar-refractivity contribution >= 4 is 52.0 Å². The second kappa shape index (κ2) is 12.1. The fraction of sp³-hybridized carbons (Fsp3) is 0.519. The molecule has 40 heavy (non-hydrogen) atoms. The quantitative estimate of drug-likeness (QED) is 0.393. The Morgan fingerprint density at radius 1 is 1.12 bits per heavy atom. The molecule has 1 atom stereocenters. The summed E-state index contributed by atoms with van der Waals surface area (Å²) in [5.74, 6) is -0.613. The Hall–Kier alpha value is -2.67. The molecule has 2 aromatic rings. The molecule has 0 spiro atoms. The van der Waals surface area contributed by atoms with Crippen LogP contribution < -0.4 is 15.5 Å². The Kier molecular flexibility index (Phi) is 8.69. The Labute approximate surface area is 238 Å². The smallest absolute Gasteiger partial charge is 0.370 e. The van der Waals surface area contributed by atoms with E-state index in [0.717, 1.165) is 43.1 Å². The summed E-state index contributed by atoms with van der Waals surface area (Å²) < 4.78 is 48.0. The highest BCUT2D eigenvalue weighted by molar-refractivity contribution is 7.18. The summed E-state index contributed by atoms with van der Waals surface area (Å²) in [6.07, 6.45) is -0.631. The van der Waals surface area contributed by atoms with Gasteiger partial charge in [-0.15, -0.1) is 11.3 Å². The molecule has 2 aliphatic carbocycles. The second-order valence-electron chi connectivity index (χ2n) is 10.5. The molecule has 2 N–H and O–H groups in total. The lowest BCUT2D eigenvalue weighted by molar-refractivity contribution is -0.137. The highest BCUT2D eigenvalue weighted by Crippen LogP contribution is 2.38. The van der Waals surface area contributed by atoms with Crippen molar-refractivity contribution < 1.29 is 32.3 Å². The van der Waals surface area contributed by atoms with Gasteiger partial charge >= 0.3 is 6.18 Å². The van der Waals surface area contributed by atoms with E-state index in [2.05, 4.69) is 10.6 Å². The molecule has 2 heterocycles. The Morgan fingerprint density at radius 3 is 2.40 bits per heavy atom. The SMILES string of the molecule is O=C(NC[C@H](C(=O)Nc1ccc(N2CCOCC2=O)cc1C(F)(F)F)N(CC1CC1)CC1CC1)c1ccc(Cl)s1. The number of thiophene rings is 1. The highest BCUT2D eigenvalue weighted by atomic mass is 35.5. The summed E-state index contributed by atoms with van der Waals surface area (Å²) in [7, 11) is 0. The zero-order valence-electron chi connectivity index (χ0n) is 21.6. The molecule has 0 radical (unpaired) electrons. The number of nitrogens with zero attached hydrogens (tertiary/aromatic N) is 2. The molecule has 2 saturated carbocycles. The van der Waals surface area contributed by atoms with Crippen molar-refractivity contribution in [3.63, 3.8) is 0 Å². The van der Waals surface area contributed by atoms with Crippen molar-refractivity contribution in [2.45, 2.75) is 37.9 Å². The summed E-state index contributed by atoms with van der Waals surface area (Å²) in [6, 6.07) is 5.75. The van der Waals surface area contributed by atoms with Crippen LogP contribution in [0.5, 0.6) is 0 Å². The van der Waals surface area contributed by atoms with Crippen LogP contribution in [-0.4, -0.2) is 68.1 Å². The third kappa shape index (κ3) is 7.34. The molecule has 1 aromatic carbocycles. The number of benzene rings is 1. The molecule has 1 aromatic heterocycles. The van der Waals surface area contributed by atoms with Gasteiger partial charge in [0, 0.05) is 31.9 Å². The fourth-order valence-corrected chi connectivity index (χ4v) is 5.70. The molecule has 0 unspecified atom stereocenters. The predicted octanol–water partition coefficient (Wildman–Crippen LogP) is 4.64. The van der Waals surface area contributed by atoms with Crippen LogP contribution in [0.15, 0.2) is 30.3 Å². The van der Waals surface area contributed by atoms with E-state index in [4.69, 9.17) is 16.3 Å². The largest absolute Gasteiger partial charge is 0.418 e. The first kappa shape index (κ1) is 28.8. The zero-order chi connectivity index (χ0) is 28.4. The fourth-order valence-electron chi connectivity index (χ4n) is 4.74. The Balaban J connectivity index is 1.38. The van der Waals surface area contributed by atoms with Gasteiger partial charge in [0.05, 0.1) is 27.1 Å². The van der Waals surface area contributed by atoms with Gasteiger partial charge in [-0.3, -0.25) is 19.3 Å². The minimum absolute atomic E-state index is 0.0681. The van der Waals surface area contributed by atoms with Crippen LogP contribution in [0.2, 0.25) is 4.34 Å². The number of morpholine rings is 1. The number of carbonyl (C=O) groups is 3. The van der Waals surface area contributed by atoms with Crippen LogP contribution in [0.4, 0.5) is 24.5 Å². The maximum Gasteiger partial charge on any atom is 0.418 e. The second-order valence-corrected chi connectivity index (χ2v) is 12.2. The van der Waals surface area contributed by atoms with Crippen LogP contribution >= 0.6 is 22.9 Å². The monoisotopic (exact) mass is 598 g/mol. The van der Waals surface area contributed by atoms with Crippen molar-refractivity contribution in [3.05, 3.63) is 45.1 Å². The van der Waals surface area contributed by atoms with E-state index in [-0.39, 0.29) is 32.0 Å². The van der Waals surface area contributed by atoms with Crippen LogP contribution in [-0.2, 0) is 20.5 Å². The molecule has 216 valence electrons. The van der Waals surface area contributed by atoms with E-state index in [0.29, 0.717) is 34.1 Å². The van der Waals surface area contributed by atoms with Crippen molar-refractivity contribution in [1.82, 2.24) is 10.2 Å². The number of ether oxygens (including phenoxy) is 1. The number of alkyl halides is 3. The summed E-state index contributed by atoms with van der Waals surface area (Å²) in [4.78, 5) is 42.2. The topological polar surface area (TPSA) is 91.0 Å². The average Bonchev–Trinajstić information content (AvgIpc) is 3.84. The van der Waals surface area contributed by atoms with Crippen LogP contribution in [0.3, 0.4) is 0 Å². The van der Waals surface area contributed by atoms with E-state index in [1.165, 1.54) is 17.0 Å². The van der Waals surface area contributed by atoms with Crippen LogP contribution in [0, 0.1) is 11.8 Å². The third-order valence-corrected chi connectivity index (χ3v) is 8.47. The number of carbonyl (C=O) groups excluding carboxylic acids is 3. The molecule has 13 heteroatoms. The summed E-state index contributed by atoms with van der Waals surface area (Å²) in [5.41, 5.74) is -1.37. The van der Waals surface area contributed by atoms with Crippen LogP contribution in [0.1, 0.15) is 40.9 Å². The van der Waals surface area contributed by atoms with Gasteiger partial charge in [0.2, 0.25) is 5.91 Å². The Morgan fingerprint density at radius 2 is 1.82 bits per heavy atom. The number of hydrogen-bond donors (Lipinski definition) is 2. The number of anilines is 2. The lowest BCUT2D eigenvalue weighted by Crippen LogP contribution is -2.52. The Bertz CT molecular complexity index is 1250. The summed E-state index contributed by atoms with van der Waals surface area (Å²) >= 11 is 7.06. The number of nitrogens with one attached hydrogen (secondary N) is 2. The van der Waals surface area contributed by atoms with E-state index in [1.807, 2.05) is 4.90 Å². The van der Waals surface area contributed by atoms with Gasteiger partial charge in [-0.25, -0.2) is 0 Å². The summed E-state index contributed by atoms with van der Waals surface area (Å²) in [6.45, 7) is 1.36. The molecule has 3 fully saturated rings. The molecule has 0 bridgehead atoms. The maximum absolute atomic E-state index is 14.2. The first-order valence-corrected chi connectivity index (χ1v) is 14.5. The van der Waals surface area contributed by atoms with Crippen molar-refractivity contribution in [1.29, 1.82) is 0 Å². The molecular weight excluding hydrogens is 569 g/mol. The van der Waals surface area contributed by atoms with Crippen molar-refractivity contribution in [2.24, 2.45) is 11.8 Å². The standard InChI is InChI=1S/C27H30ClF3N4O4S/c28-23-8-7-22(40-23)26(38)32-12-21(34(13-16-1-2-16)14-17-3-4-17)25(37)33-20-6-5-18(11-19(20)27(29,30)31)35-9-10-39-15-24(35)36/h5-8,11,16-17,21H,1-4,9-10,12-15H2,(H,32,38)(H,33,37)/t21-/m1/s1. The molecule has 5 rings (SSSR count). The van der Waals surface area contributed by atoms with Gasteiger partial charge in [0.25, 0.3) is 11.8 Å². The molecule has 3 amide bonds. The molecule has 1 aliphatic heterocycles. The van der Waals surface area contributed by atoms with Crippen molar-refractivity contribution in [2.75, 3.05) is 49.6 Å². The lowest BCUT2D eigenvalue weighted by Gasteiger charge is -2.32. The van der Waals surface area contributed by atoms with Gasteiger partial charge in [0.1, 0.15) is 12.6 Å². The minimum atomic E-state index is -4.78. The number of rotatable bonds is 11. The minimum Gasteiger partial charge on any atom is -0.370 e. The first-order valence-electron chi connectivity index (χ1n) is 13.3. The number of halogens is 4. The molecular formula is C27H30ClF3N4O4S. The maximum atomic E-state index is 14.2. The summed E-state index contributed by atoms with van der Waals surface area (Å²) in [5, 5.41) is 5.28. The third-order valence-electron chi connectivity index (χ3n) is 7.24. The molecule has 1 saturated heterocycles. The lowest BCUT2D eigenvalue weighted by atomic mass is 10.1. The van der Waals surface area contributed by atoms with Gasteiger partial charge in [-0.2, -0.15) is 13.2 Å². The molecule has 8 nitrogen and oxygen atoms in total.